The molecule has 0 spiro atoms. The first kappa shape index (κ1) is 22.7. The maximum Gasteiger partial charge on any atom is 0.271 e. The summed E-state index contributed by atoms with van der Waals surface area (Å²) < 4.78 is 8.17. The molecule has 160 valence electrons. The fourth-order valence-electron chi connectivity index (χ4n) is 3.30. The first-order chi connectivity index (χ1) is 15.5. The summed E-state index contributed by atoms with van der Waals surface area (Å²) in [5.41, 5.74) is 6.31. The molecule has 0 unspecified atom stereocenters. The normalized spacial score (nSPS) is 11.1. The Kier molecular flexibility index (Phi) is 7.41. The van der Waals surface area contributed by atoms with E-state index in [1.165, 1.54) is 10.8 Å². The minimum absolute atomic E-state index is 0.235. The van der Waals surface area contributed by atoms with Crippen LogP contribution in [0.4, 0.5) is 0 Å². The van der Waals surface area contributed by atoms with E-state index < -0.39 is 0 Å². The van der Waals surface area contributed by atoms with Crippen LogP contribution in [0.2, 0.25) is 0 Å². The van der Waals surface area contributed by atoms with Crippen LogP contribution in [0.15, 0.2) is 84.0 Å². The van der Waals surface area contributed by atoms with Gasteiger partial charge >= 0.3 is 0 Å². The zero-order chi connectivity index (χ0) is 22.5. The highest BCUT2D eigenvalue weighted by atomic mass is 127. The van der Waals surface area contributed by atoms with Crippen LogP contribution in [0, 0.1) is 14.1 Å². The van der Waals surface area contributed by atoms with Gasteiger partial charge in [0.15, 0.2) is 0 Å². The monoisotopic (exact) mass is 646 g/mol. The Labute approximate surface area is 214 Å². The fourth-order valence-corrected chi connectivity index (χ4v) is 5.42. The highest BCUT2D eigenvalue weighted by molar-refractivity contribution is 14.1. The van der Waals surface area contributed by atoms with Gasteiger partial charge in [-0.25, -0.2) is 5.43 Å². The Hall–Kier alpha value is -2.46. The molecule has 0 aliphatic rings. The van der Waals surface area contributed by atoms with Crippen molar-refractivity contribution in [1.82, 2.24) is 5.43 Å². The average molecular weight is 646 g/mol. The Bertz CT molecular complexity index is 1270. The van der Waals surface area contributed by atoms with Gasteiger partial charge in [0.05, 0.1) is 13.4 Å². The third kappa shape index (κ3) is 5.47. The summed E-state index contributed by atoms with van der Waals surface area (Å²) in [7, 11) is 0. The predicted molar refractivity (Wildman–Crippen MR) is 146 cm³/mol. The summed E-state index contributed by atoms with van der Waals surface area (Å²) in [5.74, 6) is 0.612. The Morgan fingerprint density at radius 2 is 1.66 bits per heavy atom. The van der Waals surface area contributed by atoms with E-state index in [-0.39, 0.29) is 5.91 Å². The third-order valence-corrected chi connectivity index (χ3v) is 6.57. The maximum atomic E-state index is 12.2. The molecule has 4 aromatic carbocycles. The first-order valence-corrected chi connectivity index (χ1v) is 12.2. The predicted octanol–water partition coefficient (Wildman–Crippen LogP) is 6.70. The van der Waals surface area contributed by atoms with Gasteiger partial charge in [-0.3, -0.25) is 4.79 Å². The molecule has 1 N–H and O–H groups in total. The van der Waals surface area contributed by atoms with Gasteiger partial charge in [-0.15, -0.1) is 0 Å². The van der Waals surface area contributed by atoms with Crippen molar-refractivity contribution in [3.63, 3.8) is 0 Å². The largest absolute Gasteiger partial charge is 0.487 e. The van der Waals surface area contributed by atoms with Crippen molar-refractivity contribution in [2.45, 2.75) is 13.5 Å². The number of hydrogen-bond acceptors (Lipinski definition) is 3. The van der Waals surface area contributed by atoms with Crippen LogP contribution in [-0.4, -0.2) is 12.1 Å². The van der Waals surface area contributed by atoms with Crippen LogP contribution in [0.5, 0.6) is 5.75 Å². The van der Waals surface area contributed by atoms with Gasteiger partial charge in [0.1, 0.15) is 12.4 Å². The second-order valence-electron chi connectivity index (χ2n) is 7.31. The molecule has 4 nitrogen and oxygen atoms in total. The molecule has 0 aliphatic heterocycles. The van der Waals surface area contributed by atoms with E-state index in [1.807, 2.05) is 43.3 Å². The third-order valence-electron chi connectivity index (χ3n) is 4.97. The topological polar surface area (TPSA) is 50.7 Å². The molecule has 6 heteroatoms. The van der Waals surface area contributed by atoms with E-state index >= 15 is 0 Å². The minimum Gasteiger partial charge on any atom is -0.487 e. The molecule has 0 radical (unpaired) electrons. The number of nitrogens with zero attached hydrogens (tertiary/aromatic N) is 1. The summed E-state index contributed by atoms with van der Waals surface area (Å²) >= 11 is 4.54. The molecule has 4 rings (SSSR count). The Morgan fingerprint density at radius 1 is 0.969 bits per heavy atom. The van der Waals surface area contributed by atoms with Crippen LogP contribution >= 0.6 is 45.2 Å². The van der Waals surface area contributed by atoms with Gasteiger partial charge in [0.25, 0.3) is 5.91 Å². The number of ether oxygens (including phenoxy) is 1. The van der Waals surface area contributed by atoms with Crippen LogP contribution in [-0.2, 0) is 6.61 Å². The van der Waals surface area contributed by atoms with Crippen molar-refractivity contribution in [2.24, 2.45) is 5.10 Å². The number of hydrogen-bond donors (Lipinski definition) is 1. The van der Waals surface area contributed by atoms with Gasteiger partial charge in [0.2, 0.25) is 0 Å². The summed E-state index contributed by atoms with van der Waals surface area (Å²) in [4.78, 5) is 12.2. The van der Waals surface area contributed by atoms with Crippen molar-refractivity contribution in [1.29, 1.82) is 0 Å². The fraction of sp³-hybridized carbons (Fsp3) is 0.0769. The molecule has 4 aromatic rings. The Balaban J connectivity index is 1.44. The second kappa shape index (κ2) is 10.4. The minimum atomic E-state index is -0.235. The van der Waals surface area contributed by atoms with Gasteiger partial charge in [-0.1, -0.05) is 60.2 Å². The SMILES string of the molecule is Cc1ccc(C(=O)N/N=C/c2cc(I)c(OCc3cccc4ccccc34)c(I)c2)cc1. The van der Waals surface area contributed by atoms with Crippen molar-refractivity contribution in [3.05, 3.63) is 108 Å². The maximum absolute atomic E-state index is 12.2. The van der Waals surface area contributed by atoms with E-state index in [1.54, 1.807) is 18.3 Å². The van der Waals surface area contributed by atoms with E-state index in [4.69, 9.17) is 4.74 Å². The summed E-state index contributed by atoms with van der Waals surface area (Å²) in [6.45, 7) is 2.48. The smallest absolute Gasteiger partial charge is 0.271 e. The number of aryl methyl sites for hydroxylation is 1. The second-order valence-corrected chi connectivity index (χ2v) is 9.63. The van der Waals surface area contributed by atoms with Crippen LogP contribution in [0.3, 0.4) is 0 Å². The van der Waals surface area contributed by atoms with E-state index in [0.717, 1.165) is 29.6 Å². The van der Waals surface area contributed by atoms with Crippen LogP contribution in [0.25, 0.3) is 10.8 Å². The molecule has 1 amide bonds. The Morgan fingerprint density at radius 3 is 2.41 bits per heavy atom. The van der Waals surface area contributed by atoms with Crippen molar-refractivity contribution in [2.75, 3.05) is 0 Å². The van der Waals surface area contributed by atoms with E-state index in [0.29, 0.717) is 12.2 Å². The molecule has 0 saturated carbocycles. The van der Waals surface area contributed by atoms with E-state index in [2.05, 4.69) is 86.0 Å². The zero-order valence-electron chi connectivity index (χ0n) is 17.3. The van der Waals surface area contributed by atoms with Crippen molar-refractivity contribution >= 4 is 68.1 Å². The van der Waals surface area contributed by atoms with Gasteiger partial charge in [-0.2, -0.15) is 5.10 Å². The first-order valence-electron chi connectivity index (χ1n) is 10.00. The summed E-state index contributed by atoms with van der Waals surface area (Å²) in [6, 6.07) is 25.9. The molecule has 0 atom stereocenters. The van der Waals surface area contributed by atoms with Gasteiger partial charge in [0, 0.05) is 5.56 Å². The van der Waals surface area contributed by atoms with Crippen LogP contribution in [0.1, 0.15) is 27.0 Å². The lowest BCUT2D eigenvalue weighted by molar-refractivity contribution is 0.0955. The average Bonchev–Trinajstić information content (AvgIpc) is 2.79. The number of hydrazone groups is 1. The molecule has 0 aromatic heterocycles. The lowest BCUT2D eigenvalue weighted by Gasteiger charge is -2.13. The number of fused-ring (bicyclic) bond motifs is 1. The number of carbonyl (C=O) groups is 1. The molecule has 0 aliphatic carbocycles. The van der Waals surface area contributed by atoms with Crippen molar-refractivity contribution in [3.8, 4) is 5.75 Å². The van der Waals surface area contributed by atoms with Gasteiger partial charge in [-0.05, 0) is 98.3 Å². The lowest BCUT2D eigenvalue weighted by atomic mass is 10.1. The number of rotatable bonds is 6. The van der Waals surface area contributed by atoms with Crippen LogP contribution < -0.4 is 10.2 Å². The molecule has 32 heavy (non-hydrogen) atoms. The number of carbonyl (C=O) groups excluding carboxylic acids is 1. The number of amides is 1. The zero-order valence-corrected chi connectivity index (χ0v) is 21.6. The number of nitrogens with one attached hydrogen (secondary N) is 1. The summed E-state index contributed by atoms with van der Waals surface area (Å²) in [5, 5.41) is 6.52. The van der Waals surface area contributed by atoms with Gasteiger partial charge < -0.3 is 4.74 Å². The molecular weight excluding hydrogens is 626 g/mol. The highest BCUT2D eigenvalue weighted by Crippen LogP contribution is 2.30. The van der Waals surface area contributed by atoms with E-state index in [9.17, 15) is 4.79 Å². The molecule has 0 saturated heterocycles. The molecular formula is C26H20I2N2O2. The standard InChI is InChI=1S/C26H20I2N2O2/c1-17-9-11-20(12-10-17)26(31)30-29-15-18-13-23(27)25(24(28)14-18)32-16-21-7-4-6-19-5-2-3-8-22(19)21/h2-15H,16H2,1H3,(H,30,31)/b29-15+. The van der Waals surface area contributed by atoms with Crippen molar-refractivity contribution < 1.29 is 9.53 Å². The molecule has 0 bridgehead atoms. The lowest BCUT2D eigenvalue weighted by Crippen LogP contribution is -2.17. The molecule has 0 heterocycles. The number of benzene rings is 4. The molecule has 0 fully saturated rings. The highest BCUT2D eigenvalue weighted by Gasteiger charge is 2.10. The summed E-state index contributed by atoms with van der Waals surface area (Å²) in [6.07, 6.45) is 1.64. The number of halogens is 2. The quantitative estimate of drug-likeness (QED) is 0.144.